The molecular formula is C22H34IN5O2S. The standard InChI is InChI=1S/C22H33N5O2S.HI/c1-17-18(2)30-21(26-17)7-8-24-22(23-3)25-16-19-5-4-6-20(15-19)29-14-11-27-9-12-28-13-10-27;/h4-6,15H,7-14,16H2,1-3H3,(H2,23,24,25);1H. The lowest BCUT2D eigenvalue weighted by atomic mass is 10.2. The number of nitrogens with one attached hydrogen (secondary N) is 2. The number of hydrogen-bond donors (Lipinski definition) is 2. The van der Waals surface area contributed by atoms with Crippen LogP contribution in [0.2, 0.25) is 0 Å². The molecule has 0 bridgehead atoms. The molecule has 2 heterocycles. The second-order valence-corrected chi connectivity index (χ2v) is 8.59. The van der Waals surface area contributed by atoms with Gasteiger partial charge in [0, 0.05) is 51.1 Å². The summed E-state index contributed by atoms with van der Waals surface area (Å²) in [7, 11) is 1.79. The largest absolute Gasteiger partial charge is 0.492 e. The minimum Gasteiger partial charge on any atom is -0.492 e. The third-order valence-electron chi connectivity index (χ3n) is 5.07. The SMILES string of the molecule is CN=C(NCCc1nc(C)c(C)s1)NCc1cccc(OCCN2CCOCC2)c1.I. The van der Waals surface area contributed by atoms with Crippen molar-refractivity contribution >= 4 is 41.3 Å². The van der Waals surface area contributed by atoms with Gasteiger partial charge < -0.3 is 20.1 Å². The quantitative estimate of drug-likeness (QED) is 0.280. The van der Waals surface area contributed by atoms with E-state index in [2.05, 4.69) is 51.5 Å². The highest BCUT2D eigenvalue weighted by Gasteiger charge is 2.10. The third-order valence-corrected chi connectivity index (χ3v) is 6.20. The van der Waals surface area contributed by atoms with E-state index in [0.29, 0.717) is 13.2 Å². The molecule has 1 aliphatic heterocycles. The number of rotatable bonds is 9. The molecule has 1 saturated heterocycles. The molecule has 0 atom stereocenters. The summed E-state index contributed by atoms with van der Waals surface area (Å²) in [5.41, 5.74) is 2.29. The summed E-state index contributed by atoms with van der Waals surface area (Å²) < 4.78 is 11.3. The van der Waals surface area contributed by atoms with E-state index in [1.165, 1.54) is 4.88 Å². The zero-order valence-corrected chi connectivity index (χ0v) is 21.8. The minimum atomic E-state index is 0. The molecule has 1 fully saturated rings. The number of benzene rings is 1. The summed E-state index contributed by atoms with van der Waals surface area (Å²) >= 11 is 1.77. The molecule has 2 N–H and O–H groups in total. The lowest BCUT2D eigenvalue weighted by Gasteiger charge is -2.26. The number of nitrogens with zero attached hydrogens (tertiary/aromatic N) is 3. The number of hydrogen-bond acceptors (Lipinski definition) is 6. The highest BCUT2D eigenvalue weighted by molar-refractivity contribution is 14.0. The molecule has 0 unspecified atom stereocenters. The molecule has 9 heteroatoms. The molecule has 0 saturated carbocycles. The van der Waals surface area contributed by atoms with Crippen LogP contribution in [0, 0.1) is 13.8 Å². The number of aliphatic imine (C=N–C) groups is 1. The van der Waals surface area contributed by atoms with Gasteiger partial charge in [0.25, 0.3) is 0 Å². The zero-order chi connectivity index (χ0) is 21.2. The Morgan fingerprint density at radius 1 is 1.26 bits per heavy atom. The predicted octanol–water partition coefficient (Wildman–Crippen LogP) is 3.00. The van der Waals surface area contributed by atoms with Gasteiger partial charge in [-0.25, -0.2) is 4.98 Å². The molecule has 1 aromatic carbocycles. The Morgan fingerprint density at radius 2 is 2.06 bits per heavy atom. The molecule has 0 amide bonds. The Balaban J connectivity index is 0.00000341. The van der Waals surface area contributed by atoms with E-state index in [1.807, 2.05) is 12.1 Å². The van der Waals surface area contributed by atoms with Gasteiger partial charge in [0.15, 0.2) is 5.96 Å². The van der Waals surface area contributed by atoms with Gasteiger partial charge in [0.1, 0.15) is 12.4 Å². The van der Waals surface area contributed by atoms with Crippen LogP contribution in [0.1, 0.15) is 21.1 Å². The van der Waals surface area contributed by atoms with E-state index in [1.54, 1.807) is 18.4 Å². The molecule has 2 aromatic rings. The van der Waals surface area contributed by atoms with Crippen LogP contribution in [-0.4, -0.2) is 68.9 Å². The highest BCUT2D eigenvalue weighted by Crippen LogP contribution is 2.16. The Bertz CT molecular complexity index is 804. The Labute approximate surface area is 206 Å². The molecule has 7 nitrogen and oxygen atoms in total. The highest BCUT2D eigenvalue weighted by atomic mass is 127. The summed E-state index contributed by atoms with van der Waals surface area (Å²) in [6.07, 6.45) is 0.895. The number of aromatic nitrogens is 1. The van der Waals surface area contributed by atoms with Crippen molar-refractivity contribution in [3.8, 4) is 5.75 Å². The minimum absolute atomic E-state index is 0. The summed E-state index contributed by atoms with van der Waals surface area (Å²) in [5, 5.41) is 7.89. The van der Waals surface area contributed by atoms with E-state index >= 15 is 0 Å². The fourth-order valence-corrected chi connectivity index (χ4v) is 4.14. The van der Waals surface area contributed by atoms with Crippen molar-refractivity contribution in [1.29, 1.82) is 0 Å². The fraction of sp³-hybridized carbons (Fsp3) is 0.545. The van der Waals surface area contributed by atoms with Crippen LogP contribution in [0.4, 0.5) is 0 Å². The van der Waals surface area contributed by atoms with Crippen LogP contribution < -0.4 is 15.4 Å². The van der Waals surface area contributed by atoms with Crippen LogP contribution in [0.15, 0.2) is 29.3 Å². The van der Waals surface area contributed by atoms with Gasteiger partial charge in [0.2, 0.25) is 0 Å². The third kappa shape index (κ3) is 8.91. The molecule has 0 spiro atoms. The first kappa shape index (κ1) is 25.8. The summed E-state index contributed by atoms with van der Waals surface area (Å²) in [6.45, 7) is 10.9. The lowest BCUT2D eigenvalue weighted by Crippen LogP contribution is -2.38. The average Bonchev–Trinajstić information content (AvgIpc) is 3.09. The van der Waals surface area contributed by atoms with E-state index in [-0.39, 0.29) is 24.0 Å². The number of thiazole rings is 1. The van der Waals surface area contributed by atoms with Gasteiger partial charge in [-0.2, -0.15) is 0 Å². The first-order chi connectivity index (χ1) is 14.6. The summed E-state index contributed by atoms with van der Waals surface area (Å²) in [5.74, 6) is 1.69. The van der Waals surface area contributed by atoms with Crippen molar-refractivity contribution in [3.63, 3.8) is 0 Å². The molecule has 172 valence electrons. The number of morpholine rings is 1. The Morgan fingerprint density at radius 3 is 2.77 bits per heavy atom. The number of guanidine groups is 1. The number of aryl methyl sites for hydroxylation is 2. The molecular weight excluding hydrogens is 525 g/mol. The first-order valence-electron chi connectivity index (χ1n) is 10.5. The van der Waals surface area contributed by atoms with Crippen molar-refractivity contribution in [2.24, 2.45) is 4.99 Å². The monoisotopic (exact) mass is 559 g/mol. The van der Waals surface area contributed by atoms with Gasteiger partial charge in [-0.3, -0.25) is 9.89 Å². The van der Waals surface area contributed by atoms with Crippen molar-refractivity contribution in [1.82, 2.24) is 20.5 Å². The van der Waals surface area contributed by atoms with Crippen LogP contribution in [0.3, 0.4) is 0 Å². The molecule has 0 radical (unpaired) electrons. The van der Waals surface area contributed by atoms with Crippen LogP contribution in [0.25, 0.3) is 0 Å². The van der Waals surface area contributed by atoms with E-state index in [4.69, 9.17) is 9.47 Å². The van der Waals surface area contributed by atoms with Crippen molar-refractivity contribution < 1.29 is 9.47 Å². The van der Waals surface area contributed by atoms with Crippen LogP contribution >= 0.6 is 35.3 Å². The maximum Gasteiger partial charge on any atom is 0.191 e. The number of ether oxygens (including phenoxy) is 2. The smallest absolute Gasteiger partial charge is 0.191 e. The summed E-state index contributed by atoms with van der Waals surface area (Å²) in [4.78, 5) is 12.6. The topological polar surface area (TPSA) is 71.0 Å². The van der Waals surface area contributed by atoms with Gasteiger partial charge in [-0.1, -0.05) is 12.1 Å². The van der Waals surface area contributed by atoms with E-state index in [0.717, 1.165) is 73.8 Å². The van der Waals surface area contributed by atoms with E-state index < -0.39 is 0 Å². The zero-order valence-electron chi connectivity index (χ0n) is 18.6. The van der Waals surface area contributed by atoms with Crippen LogP contribution in [0.5, 0.6) is 5.75 Å². The van der Waals surface area contributed by atoms with Crippen molar-refractivity contribution in [2.45, 2.75) is 26.8 Å². The maximum atomic E-state index is 5.95. The first-order valence-corrected chi connectivity index (χ1v) is 11.3. The Hall–Kier alpha value is -1.43. The lowest BCUT2D eigenvalue weighted by molar-refractivity contribution is 0.0322. The van der Waals surface area contributed by atoms with Gasteiger partial charge in [0.05, 0.1) is 23.9 Å². The van der Waals surface area contributed by atoms with Crippen molar-refractivity contribution in [2.75, 3.05) is 53.0 Å². The normalized spacial score (nSPS) is 14.7. The summed E-state index contributed by atoms with van der Waals surface area (Å²) in [6, 6.07) is 8.22. The van der Waals surface area contributed by atoms with Crippen molar-refractivity contribution in [3.05, 3.63) is 45.4 Å². The van der Waals surface area contributed by atoms with Crippen LogP contribution in [-0.2, 0) is 17.7 Å². The van der Waals surface area contributed by atoms with Gasteiger partial charge >= 0.3 is 0 Å². The average molecular weight is 560 g/mol. The second kappa shape index (κ2) is 13.9. The van der Waals surface area contributed by atoms with Gasteiger partial charge in [-0.05, 0) is 31.5 Å². The molecule has 31 heavy (non-hydrogen) atoms. The molecule has 1 aromatic heterocycles. The second-order valence-electron chi connectivity index (χ2n) is 7.30. The molecule has 3 rings (SSSR count). The predicted molar refractivity (Wildman–Crippen MR) is 138 cm³/mol. The fourth-order valence-electron chi connectivity index (χ4n) is 3.20. The van der Waals surface area contributed by atoms with Gasteiger partial charge in [-0.15, -0.1) is 35.3 Å². The molecule has 0 aliphatic carbocycles. The van der Waals surface area contributed by atoms with E-state index in [9.17, 15) is 0 Å². The Kier molecular flexibility index (Phi) is 11.6. The maximum absolute atomic E-state index is 5.95. The number of halogens is 1. The molecule has 1 aliphatic rings.